The molecule has 7 nitrogen and oxygen atoms in total. The van der Waals surface area contributed by atoms with Gasteiger partial charge in [-0.2, -0.15) is 18.7 Å². The number of hydroxylamine groups is 1. The Kier molecular flexibility index (Phi) is 7.60. The summed E-state index contributed by atoms with van der Waals surface area (Å²) < 4.78 is 50.7. The molecule has 0 saturated carbocycles. The third kappa shape index (κ3) is 5.43. The van der Waals surface area contributed by atoms with E-state index >= 15 is 0 Å². The molecule has 0 aliphatic rings. The number of hydrogen-bond donors (Lipinski definition) is 2. The van der Waals surface area contributed by atoms with E-state index in [9.17, 15) is 13.2 Å². The number of pyridine rings is 1. The average Bonchev–Trinajstić information content (AvgIpc) is 3.28. The van der Waals surface area contributed by atoms with Gasteiger partial charge < -0.3 is 14.9 Å². The first-order valence-corrected chi connectivity index (χ1v) is 11.8. The number of nitrogens with two attached hydrogens (primary N) is 1. The zero-order chi connectivity index (χ0) is 25.0. The lowest BCUT2D eigenvalue weighted by Gasteiger charge is -2.11. The van der Waals surface area contributed by atoms with E-state index < -0.39 is 11.9 Å². The van der Waals surface area contributed by atoms with Crippen molar-refractivity contribution in [2.24, 2.45) is 5.73 Å². The summed E-state index contributed by atoms with van der Waals surface area (Å²) >= 11 is 1.65. The number of fused-ring (bicyclic) bond motifs is 1. The fourth-order valence-corrected chi connectivity index (χ4v) is 4.19. The van der Waals surface area contributed by atoms with Crippen LogP contribution in [0.3, 0.4) is 0 Å². The molecule has 0 bridgehead atoms. The number of methoxy groups -OCH3 is 1. The summed E-state index contributed by atoms with van der Waals surface area (Å²) in [5.74, 6) is 0.819. The Morgan fingerprint density at radius 1 is 1.09 bits per heavy atom. The second-order valence-corrected chi connectivity index (χ2v) is 8.27. The second-order valence-electron chi connectivity index (χ2n) is 7.42. The van der Waals surface area contributed by atoms with Gasteiger partial charge in [0.15, 0.2) is 0 Å². The van der Waals surface area contributed by atoms with Crippen LogP contribution in [0.1, 0.15) is 22.7 Å². The summed E-state index contributed by atoms with van der Waals surface area (Å²) in [5, 5.41) is 0.404. The highest BCUT2D eigenvalue weighted by atomic mass is 32.2. The van der Waals surface area contributed by atoms with Gasteiger partial charge in [-0.25, -0.2) is 9.97 Å². The Labute approximate surface area is 203 Å². The van der Waals surface area contributed by atoms with E-state index in [1.165, 1.54) is 19.2 Å². The molecule has 0 aliphatic carbocycles. The molecule has 0 radical (unpaired) electrons. The van der Waals surface area contributed by atoms with E-state index in [0.717, 1.165) is 16.5 Å². The molecule has 0 amide bonds. The maximum absolute atomic E-state index is 13.2. The number of nitrogens with zero attached hydrogens (tertiary/aromatic N) is 2. The number of benzene rings is 2. The lowest BCUT2D eigenvalue weighted by Crippen LogP contribution is -2.15. The van der Waals surface area contributed by atoms with E-state index in [0.29, 0.717) is 28.9 Å². The number of ether oxygens (including phenoxy) is 1. The van der Waals surface area contributed by atoms with E-state index in [1.807, 2.05) is 30.5 Å². The van der Waals surface area contributed by atoms with Crippen molar-refractivity contribution in [3.8, 4) is 17.2 Å². The van der Waals surface area contributed by atoms with Gasteiger partial charge in [0.1, 0.15) is 35.0 Å². The van der Waals surface area contributed by atoms with Gasteiger partial charge in [0.2, 0.25) is 5.89 Å². The maximum Gasteiger partial charge on any atom is 0.433 e. The van der Waals surface area contributed by atoms with Crippen LogP contribution < -0.4 is 16.0 Å². The van der Waals surface area contributed by atoms with Crippen LogP contribution in [-0.4, -0.2) is 23.3 Å². The molecule has 4 rings (SSSR count). The predicted octanol–water partition coefficient (Wildman–Crippen LogP) is 5.32. The zero-order valence-corrected chi connectivity index (χ0v) is 19.8. The standard InChI is InChI=1S/C24H23F3N4O3S/c1-32-18-9-7-16(15-8-10-21(24(25,26)27)31-22(15)18)23-30-17(19(11-28)34-23)13-33-29-12-14-5-3-4-6-20(14)35-2/h3-10,29H,11-13,28H2,1-2H3. The fourth-order valence-electron chi connectivity index (χ4n) is 3.57. The Balaban J connectivity index is 1.58. The van der Waals surface area contributed by atoms with E-state index in [-0.39, 0.29) is 30.3 Å². The summed E-state index contributed by atoms with van der Waals surface area (Å²) in [6, 6.07) is 13.4. The van der Waals surface area contributed by atoms with Crippen molar-refractivity contribution < 1.29 is 27.2 Å². The highest BCUT2D eigenvalue weighted by molar-refractivity contribution is 7.98. The number of thioether (sulfide) groups is 1. The molecule has 0 atom stereocenters. The first-order valence-electron chi connectivity index (χ1n) is 10.6. The second kappa shape index (κ2) is 10.6. The summed E-state index contributed by atoms with van der Waals surface area (Å²) in [7, 11) is 1.37. The van der Waals surface area contributed by atoms with Crippen molar-refractivity contribution in [1.82, 2.24) is 15.4 Å². The predicted molar refractivity (Wildman–Crippen MR) is 127 cm³/mol. The molecule has 2 aromatic heterocycles. The summed E-state index contributed by atoms with van der Waals surface area (Å²) in [4.78, 5) is 15.0. The topological polar surface area (TPSA) is 95.4 Å². The lowest BCUT2D eigenvalue weighted by atomic mass is 10.1. The molecule has 11 heteroatoms. The van der Waals surface area contributed by atoms with Crippen LogP contribution in [0, 0.1) is 0 Å². The van der Waals surface area contributed by atoms with Gasteiger partial charge in [-0.05, 0) is 42.2 Å². The molecule has 0 spiro atoms. The van der Waals surface area contributed by atoms with Crippen molar-refractivity contribution in [2.45, 2.75) is 30.8 Å². The Morgan fingerprint density at radius 2 is 1.89 bits per heavy atom. The van der Waals surface area contributed by atoms with Crippen LogP contribution >= 0.6 is 11.8 Å². The van der Waals surface area contributed by atoms with Gasteiger partial charge >= 0.3 is 6.18 Å². The quantitative estimate of drug-likeness (QED) is 0.180. The fraction of sp³-hybridized carbons (Fsp3) is 0.250. The Bertz CT molecular complexity index is 1330. The van der Waals surface area contributed by atoms with Crippen LogP contribution in [-0.2, 0) is 30.7 Å². The number of nitrogens with one attached hydrogen (secondary N) is 1. The third-order valence-electron chi connectivity index (χ3n) is 5.29. The van der Waals surface area contributed by atoms with Crippen LogP contribution in [0.2, 0.25) is 0 Å². The molecule has 0 unspecified atom stereocenters. The van der Waals surface area contributed by atoms with Crippen molar-refractivity contribution >= 4 is 22.7 Å². The van der Waals surface area contributed by atoms with Crippen LogP contribution in [0.5, 0.6) is 5.75 Å². The number of halogens is 3. The van der Waals surface area contributed by atoms with Crippen molar-refractivity contribution in [1.29, 1.82) is 0 Å². The van der Waals surface area contributed by atoms with Gasteiger partial charge in [-0.1, -0.05) is 18.2 Å². The molecule has 2 aromatic carbocycles. The van der Waals surface area contributed by atoms with E-state index in [1.54, 1.807) is 17.8 Å². The van der Waals surface area contributed by atoms with Gasteiger partial charge in [0, 0.05) is 22.4 Å². The Hall–Kier alpha value is -3.12. The molecule has 3 N–H and O–H groups in total. The largest absolute Gasteiger partial charge is 0.494 e. The number of alkyl halides is 3. The monoisotopic (exact) mass is 504 g/mol. The van der Waals surface area contributed by atoms with Gasteiger partial charge in [-0.15, -0.1) is 11.8 Å². The number of oxazole rings is 1. The molecule has 0 fully saturated rings. The molecule has 35 heavy (non-hydrogen) atoms. The minimum absolute atomic E-state index is 0.0549. The molecule has 0 aliphatic heterocycles. The SMILES string of the molecule is COc1ccc(-c2nc(CONCc3ccccc3SC)c(CN)o2)c2ccc(C(F)(F)F)nc12. The van der Waals surface area contributed by atoms with Crippen molar-refractivity contribution in [3.63, 3.8) is 0 Å². The minimum Gasteiger partial charge on any atom is -0.494 e. The maximum atomic E-state index is 13.2. The summed E-state index contributed by atoms with van der Waals surface area (Å²) in [6.07, 6.45) is -2.58. The first-order chi connectivity index (χ1) is 16.9. The highest BCUT2D eigenvalue weighted by Crippen LogP contribution is 2.37. The van der Waals surface area contributed by atoms with Gasteiger partial charge in [0.05, 0.1) is 13.7 Å². The van der Waals surface area contributed by atoms with Crippen molar-refractivity contribution in [2.75, 3.05) is 13.4 Å². The van der Waals surface area contributed by atoms with Crippen molar-refractivity contribution in [3.05, 3.63) is 71.2 Å². The number of rotatable bonds is 9. The number of aromatic nitrogens is 2. The first kappa shape index (κ1) is 25.0. The van der Waals surface area contributed by atoms with Gasteiger partial charge in [0.25, 0.3) is 0 Å². The zero-order valence-electron chi connectivity index (χ0n) is 19.0. The molecule has 4 aromatic rings. The van der Waals surface area contributed by atoms with Crippen LogP contribution in [0.15, 0.2) is 57.8 Å². The van der Waals surface area contributed by atoms with Gasteiger partial charge in [-0.3, -0.25) is 4.84 Å². The molecular formula is C24H23F3N4O3S. The summed E-state index contributed by atoms with van der Waals surface area (Å²) in [6.45, 7) is 0.656. The van der Waals surface area contributed by atoms with Crippen LogP contribution in [0.4, 0.5) is 13.2 Å². The van der Waals surface area contributed by atoms with E-state index in [2.05, 4.69) is 15.4 Å². The summed E-state index contributed by atoms with van der Waals surface area (Å²) in [5.41, 5.74) is 9.83. The molecule has 2 heterocycles. The molecule has 0 saturated heterocycles. The lowest BCUT2D eigenvalue weighted by molar-refractivity contribution is -0.140. The van der Waals surface area contributed by atoms with Crippen LogP contribution in [0.25, 0.3) is 22.4 Å². The molecule has 184 valence electrons. The average molecular weight is 505 g/mol. The highest BCUT2D eigenvalue weighted by Gasteiger charge is 2.33. The molecular weight excluding hydrogens is 481 g/mol. The smallest absolute Gasteiger partial charge is 0.433 e. The van der Waals surface area contributed by atoms with E-state index in [4.69, 9.17) is 19.7 Å². The number of hydrogen-bond acceptors (Lipinski definition) is 8. The Morgan fingerprint density at radius 3 is 2.60 bits per heavy atom. The minimum atomic E-state index is -4.58. The third-order valence-corrected chi connectivity index (χ3v) is 6.13. The normalized spacial score (nSPS) is 11.8.